The number of fused-ring (bicyclic) bond motifs is 1. The molecule has 1 aromatic heterocycles. The lowest BCUT2D eigenvalue weighted by Crippen LogP contribution is -2.54. The summed E-state index contributed by atoms with van der Waals surface area (Å²) in [4.78, 5) is 14.8. The maximum atomic E-state index is 12.9. The van der Waals surface area contributed by atoms with Crippen molar-refractivity contribution in [2.45, 2.75) is 23.9 Å². The Hall–Kier alpha value is -2.10. The van der Waals surface area contributed by atoms with E-state index in [4.69, 9.17) is 11.6 Å². The van der Waals surface area contributed by atoms with Gasteiger partial charge in [0.25, 0.3) is 5.91 Å². The molecular formula is C17H20ClN5O3S. The number of halogens is 1. The molecule has 1 amide bonds. The minimum absolute atomic E-state index is 0.0576. The monoisotopic (exact) mass is 409 g/mol. The molecule has 10 heteroatoms. The van der Waals surface area contributed by atoms with E-state index in [1.165, 1.54) is 10.9 Å². The van der Waals surface area contributed by atoms with E-state index in [9.17, 15) is 13.2 Å². The minimum atomic E-state index is -3.59. The van der Waals surface area contributed by atoms with E-state index < -0.39 is 16.2 Å². The summed E-state index contributed by atoms with van der Waals surface area (Å²) < 4.78 is 29.3. The van der Waals surface area contributed by atoms with Crippen molar-refractivity contribution in [3.8, 4) is 0 Å². The van der Waals surface area contributed by atoms with Crippen LogP contribution in [0.25, 0.3) is 0 Å². The van der Waals surface area contributed by atoms with Crippen molar-refractivity contribution >= 4 is 33.2 Å². The summed E-state index contributed by atoms with van der Waals surface area (Å²) in [7, 11) is -1.91. The summed E-state index contributed by atoms with van der Waals surface area (Å²) in [5, 5.41) is 7.60. The SMILES string of the molecule is Cn1ncc(Cl)c1C(=O)N1CCCC(C2Nc3ccccc3S(=O)(=O)N2)C1. The van der Waals surface area contributed by atoms with Crippen molar-refractivity contribution in [3.05, 3.63) is 41.2 Å². The molecule has 0 radical (unpaired) electrons. The lowest BCUT2D eigenvalue weighted by molar-refractivity contribution is 0.0648. The van der Waals surface area contributed by atoms with E-state index in [1.807, 2.05) is 0 Å². The Morgan fingerprint density at radius 2 is 2.11 bits per heavy atom. The number of aromatic nitrogens is 2. The Morgan fingerprint density at radius 1 is 1.33 bits per heavy atom. The highest BCUT2D eigenvalue weighted by Gasteiger charge is 2.37. The second-order valence-corrected chi connectivity index (χ2v) is 8.95. The lowest BCUT2D eigenvalue weighted by Gasteiger charge is -2.39. The third-order valence-electron chi connectivity index (χ3n) is 5.08. The number of aryl methyl sites for hydroxylation is 1. The van der Waals surface area contributed by atoms with Gasteiger partial charge >= 0.3 is 0 Å². The van der Waals surface area contributed by atoms with E-state index >= 15 is 0 Å². The molecule has 2 aliphatic rings. The van der Waals surface area contributed by atoms with Gasteiger partial charge in [-0.2, -0.15) is 9.82 Å². The average molecular weight is 410 g/mol. The average Bonchev–Trinajstić information content (AvgIpc) is 2.99. The van der Waals surface area contributed by atoms with Crippen molar-refractivity contribution in [1.82, 2.24) is 19.4 Å². The van der Waals surface area contributed by atoms with Crippen LogP contribution in [0.1, 0.15) is 23.3 Å². The number of benzene rings is 1. The van der Waals surface area contributed by atoms with Gasteiger partial charge in [-0.05, 0) is 25.0 Å². The Kier molecular flexibility index (Phi) is 4.61. The largest absolute Gasteiger partial charge is 0.368 e. The Bertz CT molecular complexity index is 971. The molecule has 2 aliphatic heterocycles. The van der Waals surface area contributed by atoms with Gasteiger partial charge in [-0.25, -0.2) is 8.42 Å². The molecule has 0 spiro atoms. The van der Waals surface area contributed by atoms with Crippen LogP contribution in [0.15, 0.2) is 35.4 Å². The second-order valence-electron chi connectivity index (χ2n) is 6.86. The predicted molar refractivity (Wildman–Crippen MR) is 101 cm³/mol. The van der Waals surface area contributed by atoms with Gasteiger partial charge in [0, 0.05) is 26.1 Å². The molecule has 0 bridgehead atoms. The van der Waals surface area contributed by atoms with Gasteiger partial charge in [0.05, 0.1) is 23.1 Å². The Balaban J connectivity index is 1.55. The van der Waals surface area contributed by atoms with Gasteiger partial charge in [0.2, 0.25) is 10.0 Å². The number of carbonyl (C=O) groups excluding carboxylic acids is 1. The van der Waals surface area contributed by atoms with Crippen LogP contribution in [0.3, 0.4) is 0 Å². The zero-order valence-electron chi connectivity index (χ0n) is 14.7. The summed E-state index contributed by atoms with van der Waals surface area (Å²) >= 11 is 6.10. The molecule has 0 aliphatic carbocycles. The summed E-state index contributed by atoms with van der Waals surface area (Å²) in [6.45, 7) is 1.04. The van der Waals surface area contributed by atoms with Crippen LogP contribution in [0.5, 0.6) is 0 Å². The maximum absolute atomic E-state index is 12.9. The van der Waals surface area contributed by atoms with Crippen molar-refractivity contribution in [2.75, 3.05) is 18.4 Å². The lowest BCUT2D eigenvalue weighted by atomic mass is 9.94. The van der Waals surface area contributed by atoms with E-state index in [1.54, 1.807) is 36.2 Å². The number of carbonyl (C=O) groups is 1. The fourth-order valence-electron chi connectivity index (χ4n) is 3.73. The molecule has 144 valence electrons. The first kappa shape index (κ1) is 18.3. The third kappa shape index (κ3) is 3.30. The predicted octanol–water partition coefficient (Wildman–Crippen LogP) is 1.66. The summed E-state index contributed by atoms with van der Waals surface area (Å²) in [6, 6.07) is 6.81. The summed E-state index contributed by atoms with van der Waals surface area (Å²) in [5.74, 6) is -0.249. The van der Waals surface area contributed by atoms with Crippen molar-refractivity contribution in [1.29, 1.82) is 0 Å². The first-order valence-electron chi connectivity index (χ1n) is 8.71. The summed E-state index contributed by atoms with van der Waals surface area (Å²) in [5.41, 5.74) is 0.930. The van der Waals surface area contributed by atoms with E-state index in [2.05, 4.69) is 15.1 Å². The van der Waals surface area contributed by atoms with Crippen LogP contribution in [-0.4, -0.2) is 48.3 Å². The molecule has 8 nitrogen and oxygen atoms in total. The molecular weight excluding hydrogens is 390 g/mol. The normalized spacial score (nSPS) is 24.1. The van der Waals surface area contributed by atoms with Crippen molar-refractivity contribution < 1.29 is 13.2 Å². The second kappa shape index (κ2) is 6.81. The quantitative estimate of drug-likeness (QED) is 0.786. The number of piperidine rings is 1. The standard InChI is InChI=1S/C17H20ClN5O3S/c1-22-15(12(18)9-19-22)17(24)23-8-4-5-11(10-23)16-20-13-6-2-3-7-14(13)27(25,26)21-16/h2-3,6-7,9,11,16,20-21H,4-5,8,10H2,1H3. The Morgan fingerprint density at radius 3 is 2.85 bits per heavy atom. The van der Waals surface area contributed by atoms with Gasteiger partial charge in [-0.15, -0.1) is 0 Å². The smallest absolute Gasteiger partial charge is 0.273 e. The van der Waals surface area contributed by atoms with E-state index in [-0.39, 0.29) is 16.7 Å². The molecule has 1 aromatic carbocycles. The molecule has 3 heterocycles. The Labute approximate surface area is 162 Å². The molecule has 2 atom stereocenters. The van der Waals surface area contributed by atoms with E-state index in [0.717, 1.165) is 12.8 Å². The molecule has 27 heavy (non-hydrogen) atoms. The van der Waals surface area contributed by atoms with Gasteiger partial charge in [-0.1, -0.05) is 23.7 Å². The number of nitrogens with zero attached hydrogens (tertiary/aromatic N) is 3. The highest BCUT2D eigenvalue weighted by Crippen LogP contribution is 2.31. The van der Waals surface area contributed by atoms with Gasteiger partial charge in [0.15, 0.2) is 0 Å². The van der Waals surface area contributed by atoms with Crippen LogP contribution in [0.2, 0.25) is 5.02 Å². The number of para-hydroxylation sites is 1. The van der Waals surface area contributed by atoms with Gasteiger partial charge < -0.3 is 10.2 Å². The maximum Gasteiger partial charge on any atom is 0.273 e. The minimum Gasteiger partial charge on any atom is -0.368 e. The highest BCUT2D eigenvalue weighted by atomic mass is 35.5. The van der Waals surface area contributed by atoms with Gasteiger partial charge in [0.1, 0.15) is 10.6 Å². The van der Waals surface area contributed by atoms with E-state index in [0.29, 0.717) is 29.5 Å². The fourth-order valence-corrected chi connectivity index (χ4v) is 5.36. The first-order chi connectivity index (χ1) is 12.9. The number of anilines is 1. The van der Waals surface area contributed by atoms with Crippen molar-refractivity contribution in [2.24, 2.45) is 13.0 Å². The first-order valence-corrected chi connectivity index (χ1v) is 10.6. The molecule has 1 fully saturated rings. The molecule has 1 saturated heterocycles. The molecule has 2 N–H and O–H groups in total. The topological polar surface area (TPSA) is 96.3 Å². The zero-order chi connectivity index (χ0) is 19.2. The molecule has 2 unspecified atom stereocenters. The van der Waals surface area contributed by atoms with Crippen LogP contribution in [0.4, 0.5) is 5.69 Å². The third-order valence-corrected chi connectivity index (χ3v) is 6.86. The molecule has 2 aromatic rings. The fraction of sp³-hybridized carbons (Fsp3) is 0.412. The zero-order valence-corrected chi connectivity index (χ0v) is 16.3. The highest BCUT2D eigenvalue weighted by molar-refractivity contribution is 7.89. The number of hydrogen-bond acceptors (Lipinski definition) is 5. The molecule has 0 saturated carbocycles. The van der Waals surface area contributed by atoms with Crippen LogP contribution in [0, 0.1) is 5.92 Å². The number of hydrogen-bond donors (Lipinski definition) is 2. The number of rotatable bonds is 2. The number of nitrogens with one attached hydrogen (secondary N) is 2. The summed E-state index contributed by atoms with van der Waals surface area (Å²) in [6.07, 6.45) is 2.57. The van der Waals surface area contributed by atoms with Crippen LogP contribution in [-0.2, 0) is 17.1 Å². The number of sulfonamides is 1. The molecule has 4 rings (SSSR count). The van der Waals surface area contributed by atoms with Gasteiger partial charge in [-0.3, -0.25) is 9.48 Å². The van der Waals surface area contributed by atoms with Crippen LogP contribution < -0.4 is 10.0 Å². The number of likely N-dealkylation sites (tertiary alicyclic amines) is 1. The number of amides is 1. The van der Waals surface area contributed by atoms with Crippen LogP contribution >= 0.6 is 11.6 Å². The van der Waals surface area contributed by atoms with Crippen molar-refractivity contribution in [3.63, 3.8) is 0 Å².